The molecule has 1 N–H and O–H groups in total. The van der Waals surface area contributed by atoms with Crippen LogP contribution in [0.2, 0.25) is 0 Å². The van der Waals surface area contributed by atoms with E-state index in [-0.39, 0.29) is 29.6 Å². The topological polar surface area (TPSA) is 73.3 Å². The molecule has 0 bridgehead atoms. The molecule has 0 radical (unpaired) electrons. The number of aromatic nitrogens is 2. The SMILES string of the molecule is O=C(Nc1ccc(F)cc1F)c1cnc(-c2ccccc2)nc1OCc1cccc(OC(F)(F)F)c1. The summed E-state index contributed by atoms with van der Waals surface area (Å²) in [6.07, 6.45) is -3.69. The number of anilines is 1. The summed E-state index contributed by atoms with van der Waals surface area (Å²) in [7, 11) is 0. The molecular weight excluding hydrogens is 485 g/mol. The summed E-state index contributed by atoms with van der Waals surface area (Å²) in [5.41, 5.74) is 0.449. The van der Waals surface area contributed by atoms with Crippen LogP contribution in [0.1, 0.15) is 15.9 Å². The number of hydrogen-bond donors (Lipinski definition) is 1. The number of amides is 1. The number of nitrogens with one attached hydrogen (secondary N) is 1. The first-order chi connectivity index (χ1) is 17.2. The predicted octanol–water partition coefficient (Wildman–Crippen LogP) is 6.15. The zero-order valence-corrected chi connectivity index (χ0v) is 18.2. The highest BCUT2D eigenvalue weighted by Gasteiger charge is 2.31. The van der Waals surface area contributed by atoms with Gasteiger partial charge in [-0.15, -0.1) is 13.2 Å². The van der Waals surface area contributed by atoms with Crippen LogP contribution in [0.25, 0.3) is 11.4 Å². The van der Waals surface area contributed by atoms with Crippen LogP contribution in [0.4, 0.5) is 27.6 Å². The monoisotopic (exact) mass is 501 g/mol. The van der Waals surface area contributed by atoms with Crippen molar-refractivity contribution in [3.63, 3.8) is 0 Å². The van der Waals surface area contributed by atoms with E-state index in [9.17, 15) is 26.7 Å². The molecule has 6 nitrogen and oxygen atoms in total. The highest BCUT2D eigenvalue weighted by molar-refractivity contribution is 6.05. The zero-order valence-electron chi connectivity index (χ0n) is 18.2. The lowest BCUT2D eigenvalue weighted by molar-refractivity contribution is -0.274. The summed E-state index contributed by atoms with van der Waals surface area (Å²) >= 11 is 0. The van der Waals surface area contributed by atoms with E-state index >= 15 is 0 Å². The van der Waals surface area contributed by atoms with E-state index in [1.807, 2.05) is 0 Å². The van der Waals surface area contributed by atoms with E-state index in [1.54, 1.807) is 30.3 Å². The van der Waals surface area contributed by atoms with Crippen molar-refractivity contribution in [2.45, 2.75) is 13.0 Å². The Morgan fingerprint density at radius 3 is 2.44 bits per heavy atom. The summed E-state index contributed by atoms with van der Waals surface area (Å²) in [5, 5.41) is 2.30. The number of halogens is 5. The second kappa shape index (κ2) is 10.4. The van der Waals surface area contributed by atoms with Crippen molar-refractivity contribution in [1.29, 1.82) is 0 Å². The summed E-state index contributed by atoms with van der Waals surface area (Å²) in [6.45, 7) is -0.272. The van der Waals surface area contributed by atoms with Crippen molar-refractivity contribution in [2.75, 3.05) is 5.32 Å². The minimum Gasteiger partial charge on any atom is -0.472 e. The van der Waals surface area contributed by atoms with Gasteiger partial charge in [0.2, 0.25) is 5.88 Å². The Labute approximate surface area is 201 Å². The van der Waals surface area contributed by atoms with Gasteiger partial charge in [0.1, 0.15) is 29.6 Å². The van der Waals surface area contributed by atoms with Crippen molar-refractivity contribution in [2.24, 2.45) is 0 Å². The van der Waals surface area contributed by atoms with Crippen LogP contribution in [-0.4, -0.2) is 22.2 Å². The Morgan fingerprint density at radius 1 is 0.944 bits per heavy atom. The number of nitrogens with zero attached hydrogens (tertiary/aromatic N) is 2. The van der Waals surface area contributed by atoms with Crippen molar-refractivity contribution < 1.29 is 36.2 Å². The molecule has 4 rings (SSSR count). The van der Waals surface area contributed by atoms with Crippen LogP contribution < -0.4 is 14.8 Å². The molecule has 11 heteroatoms. The quantitative estimate of drug-likeness (QED) is 0.308. The Kier molecular flexibility index (Phi) is 7.09. The first kappa shape index (κ1) is 24.6. The van der Waals surface area contributed by atoms with Gasteiger partial charge in [-0.1, -0.05) is 42.5 Å². The van der Waals surface area contributed by atoms with Gasteiger partial charge < -0.3 is 14.8 Å². The maximum absolute atomic E-state index is 14.0. The fourth-order valence-corrected chi connectivity index (χ4v) is 3.12. The molecule has 0 unspecified atom stereocenters. The number of carbonyl (C=O) groups excluding carboxylic acids is 1. The smallest absolute Gasteiger partial charge is 0.472 e. The molecule has 0 aliphatic heterocycles. The van der Waals surface area contributed by atoms with Gasteiger partial charge in [-0.2, -0.15) is 4.98 Å². The van der Waals surface area contributed by atoms with Crippen molar-refractivity contribution in [3.05, 3.63) is 102 Å². The molecule has 36 heavy (non-hydrogen) atoms. The molecule has 3 aromatic carbocycles. The molecular formula is C25H16F5N3O3. The lowest BCUT2D eigenvalue weighted by atomic mass is 10.2. The summed E-state index contributed by atoms with van der Waals surface area (Å²) in [6, 6.07) is 16.5. The third-order valence-electron chi connectivity index (χ3n) is 4.72. The molecule has 0 fully saturated rings. The average molecular weight is 501 g/mol. The normalized spacial score (nSPS) is 11.1. The fourth-order valence-electron chi connectivity index (χ4n) is 3.12. The Morgan fingerprint density at radius 2 is 1.72 bits per heavy atom. The van der Waals surface area contributed by atoms with E-state index < -0.39 is 29.7 Å². The van der Waals surface area contributed by atoms with Crippen LogP contribution in [-0.2, 0) is 6.61 Å². The number of ether oxygens (including phenoxy) is 2. The highest BCUT2D eigenvalue weighted by Crippen LogP contribution is 2.26. The third-order valence-corrected chi connectivity index (χ3v) is 4.72. The standard InChI is InChI=1S/C25H16F5N3O3/c26-17-9-10-21(20(27)12-17)32-23(34)19-13-31-22(16-6-2-1-3-7-16)33-24(19)35-14-15-5-4-8-18(11-15)36-25(28,29)30/h1-13H,14H2,(H,32,34). The molecule has 184 valence electrons. The first-order valence-corrected chi connectivity index (χ1v) is 10.3. The van der Waals surface area contributed by atoms with Gasteiger partial charge in [0, 0.05) is 17.8 Å². The molecule has 0 saturated carbocycles. The first-order valence-electron chi connectivity index (χ1n) is 10.3. The van der Waals surface area contributed by atoms with Crippen LogP contribution in [0.5, 0.6) is 11.6 Å². The van der Waals surface area contributed by atoms with Gasteiger partial charge >= 0.3 is 6.36 Å². The van der Waals surface area contributed by atoms with Gasteiger partial charge in [-0.3, -0.25) is 4.79 Å². The minimum absolute atomic E-state index is 0.180. The van der Waals surface area contributed by atoms with Gasteiger partial charge in [0.05, 0.1) is 5.69 Å². The van der Waals surface area contributed by atoms with E-state index in [4.69, 9.17) is 4.74 Å². The maximum Gasteiger partial charge on any atom is 0.573 e. The summed E-state index contributed by atoms with van der Waals surface area (Å²) in [4.78, 5) is 21.3. The third kappa shape index (κ3) is 6.32. The second-order valence-corrected chi connectivity index (χ2v) is 7.34. The van der Waals surface area contributed by atoms with Gasteiger partial charge in [-0.05, 0) is 29.8 Å². The largest absolute Gasteiger partial charge is 0.573 e. The molecule has 0 aliphatic carbocycles. The number of alkyl halides is 3. The fraction of sp³-hybridized carbons (Fsp3) is 0.0800. The Hall–Kier alpha value is -4.54. The lowest BCUT2D eigenvalue weighted by Gasteiger charge is -2.13. The molecule has 0 aliphatic rings. The molecule has 1 heterocycles. The van der Waals surface area contributed by atoms with E-state index in [0.717, 1.165) is 24.3 Å². The maximum atomic E-state index is 14.0. The molecule has 0 spiro atoms. The molecule has 0 atom stereocenters. The van der Waals surface area contributed by atoms with Crippen LogP contribution in [0, 0.1) is 11.6 Å². The Bertz CT molecular complexity index is 1380. The predicted molar refractivity (Wildman–Crippen MR) is 119 cm³/mol. The molecule has 4 aromatic rings. The van der Waals surface area contributed by atoms with Crippen LogP contribution in [0.3, 0.4) is 0 Å². The van der Waals surface area contributed by atoms with Gasteiger partial charge in [-0.25, -0.2) is 13.8 Å². The van der Waals surface area contributed by atoms with Gasteiger partial charge in [0.25, 0.3) is 5.91 Å². The molecule has 1 aromatic heterocycles. The Balaban J connectivity index is 1.62. The average Bonchev–Trinajstić information content (AvgIpc) is 2.84. The van der Waals surface area contributed by atoms with Crippen LogP contribution in [0.15, 0.2) is 79.0 Å². The second-order valence-electron chi connectivity index (χ2n) is 7.34. The zero-order chi connectivity index (χ0) is 25.7. The highest BCUT2D eigenvalue weighted by atomic mass is 19.4. The van der Waals surface area contributed by atoms with Crippen molar-refractivity contribution in [1.82, 2.24) is 9.97 Å². The van der Waals surface area contributed by atoms with Crippen LogP contribution >= 0.6 is 0 Å². The minimum atomic E-state index is -4.86. The summed E-state index contributed by atoms with van der Waals surface area (Å²) < 4.78 is 74.4. The number of rotatable bonds is 7. The van der Waals surface area contributed by atoms with E-state index in [1.165, 1.54) is 18.3 Å². The summed E-state index contributed by atoms with van der Waals surface area (Å²) in [5.74, 6) is -3.09. The molecule has 1 amide bonds. The number of benzene rings is 3. The van der Waals surface area contributed by atoms with Gasteiger partial charge in [0.15, 0.2) is 5.82 Å². The number of hydrogen-bond acceptors (Lipinski definition) is 5. The van der Waals surface area contributed by atoms with E-state index in [0.29, 0.717) is 17.2 Å². The van der Waals surface area contributed by atoms with E-state index in [2.05, 4.69) is 20.0 Å². The van der Waals surface area contributed by atoms with Crippen molar-refractivity contribution >= 4 is 11.6 Å². The lowest BCUT2D eigenvalue weighted by Crippen LogP contribution is -2.17. The number of carbonyl (C=O) groups is 1. The molecule has 0 saturated heterocycles. The van der Waals surface area contributed by atoms with Crippen molar-refractivity contribution in [3.8, 4) is 23.0 Å².